The predicted octanol–water partition coefficient (Wildman–Crippen LogP) is 3.45. The van der Waals surface area contributed by atoms with Crippen LogP contribution in [0.1, 0.15) is 13.8 Å². The summed E-state index contributed by atoms with van der Waals surface area (Å²) >= 11 is 3.22. The number of esters is 1. The van der Waals surface area contributed by atoms with Gasteiger partial charge in [-0.3, -0.25) is 4.79 Å². The lowest BCUT2D eigenvalue weighted by molar-refractivity contribution is -0.142. The molecular formula is C12H16O2S2. The van der Waals surface area contributed by atoms with Gasteiger partial charge in [0.25, 0.3) is 0 Å². The molecule has 0 bridgehead atoms. The number of methoxy groups -OCH3 is 1. The highest BCUT2D eigenvalue weighted by atomic mass is 32.2. The molecule has 1 aromatic rings. The number of hydrogen-bond donors (Lipinski definition) is 0. The van der Waals surface area contributed by atoms with Crippen LogP contribution < -0.4 is 0 Å². The van der Waals surface area contributed by atoms with Crippen molar-refractivity contribution in [2.45, 2.75) is 28.4 Å². The smallest absolute Gasteiger partial charge is 0.321 e. The summed E-state index contributed by atoms with van der Waals surface area (Å²) in [4.78, 5) is 13.8. The SMILES string of the molecule is COC(=O)C(C)(C)Sc1ccc(SC)cc1. The van der Waals surface area contributed by atoms with E-state index in [2.05, 4.69) is 12.1 Å². The third-order valence-electron chi connectivity index (χ3n) is 2.11. The highest BCUT2D eigenvalue weighted by Crippen LogP contribution is 2.34. The van der Waals surface area contributed by atoms with E-state index in [1.165, 1.54) is 23.8 Å². The van der Waals surface area contributed by atoms with Crippen LogP contribution in [0, 0.1) is 0 Å². The van der Waals surface area contributed by atoms with Gasteiger partial charge >= 0.3 is 5.97 Å². The van der Waals surface area contributed by atoms with Gasteiger partial charge in [0.2, 0.25) is 0 Å². The first-order valence-corrected chi connectivity index (χ1v) is 6.95. The molecule has 0 unspecified atom stereocenters. The summed E-state index contributed by atoms with van der Waals surface area (Å²) < 4.78 is 4.22. The third-order valence-corrected chi connectivity index (χ3v) is 4.04. The first-order chi connectivity index (χ1) is 7.49. The van der Waals surface area contributed by atoms with E-state index in [0.717, 1.165) is 4.90 Å². The number of carbonyl (C=O) groups excluding carboxylic acids is 1. The zero-order chi connectivity index (χ0) is 12.2. The second-order valence-electron chi connectivity index (χ2n) is 3.78. The molecule has 0 aliphatic heterocycles. The number of thioether (sulfide) groups is 2. The molecule has 2 nitrogen and oxygen atoms in total. The molecule has 0 aliphatic rings. The number of benzene rings is 1. The van der Waals surface area contributed by atoms with Gasteiger partial charge in [-0.15, -0.1) is 23.5 Å². The van der Waals surface area contributed by atoms with Crippen molar-refractivity contribution >= 4 is 29.5 Å². The average Bonchev–Trinajstić information content (AvgIpc) is 2.28. The molecule has 0 heterocycles. The number of rotatable bonds is 4. The molecule has 0 saturated carbocycles. The summed E-state index contributed by atoms with van der Waals surface area (Å²) in [6, 6.07) is 8.17. The molecular weight excluding hydrogens is 240 g/mol. The van der Waals surface area contributed by atoms with Crippen molar-refractivity contribution in [1.82, 2.24) is 0 Å². The van der Waals surface area contributed by atoms with Crippen molar-refractivity contribution in [2.75, 3.05) is 13.4 Å². The van der Waals surface area contributed by atoms with Crippen LogP contribution in [0.4, 0.5) is 0 Å². The molecule has 1 rings (SSSR count). The lowest BCUT2D eigenvalue weighted by atomic mass is 10.2. The van der Waals surface area contributed by atoms with E-state index in [1.54, 1.807) is 11.8 Å². The Kier molecular flexibility index (Phi) is 4.74. The Morgan fingerprint density at radius 3 is 2.12 bits per heavy atom. The molecule has 0 N–H and O–H groups in total. The monoisotopic (exact) mass is 256 g/mol. The van der Waals surface area contributed by atoms with E-state index in [4.69, 9.17) is 4.74 Å². The van der Waals surface area contributed by atoms with Gasteiger partial charge in [-0.05, 0) is 44.4 Å². The Hall–Kier alpha value is -0.610. The molecule has 0 aromatic heterocycles. The molecule has 1 aromatic carbocycles. The van der Waals surface area contributed by atoms with E-state index in [0.29, 0.717) is 0 Å². The maximum Gasteiger partial charge on any atom is 0.321 e. The highest BCUT2D eigenvalue weighted by Gasteiger charge is 2.29. The van der Waals surface area contributed by atoms with Crippen LogP contribution in [0.5, 0.6) is 0 Å². The zero-order valence-corrected chi connectivity index (χ0v) is 11.6. The molecule has 0 amide bonds. The summed E-state index contributed by atoms with van der Waals surface area (Å²) in [5, 5.41) is 0. The quantitative estimate of drug-likeness (QED) is 0.609. The van der Waals surface area contributed by atoms with Crippen LogP contribution in [-0.4, -0.2) is 24.1 Å². The van der Waals surface area contributed by atoms with E-state index >= 15 is 0 Å². The normalized spacial score (nSPS) is 11.2. The van der Waals surface area contributed by atoms with Crippen LogP contribution in [-0.2, 0) is 9.53 Å². The van der Waals surface area contributed by atoms with Crippen LogP contribution in [0.15, 0.2) is 34.1 Å². The van der Waals surface area contributed by atoms with Crippen LogP contribution >= 0.6 is 23.5 Å². The van der Waals surface area contributed by atoms with Crippen molar-refractivity contribution in [3.63, 3.8) is 0 Å². The maximum absolute atomic E-state index is 11.5. The van der Waals surface area contributed by atoms with Crippen molar-refractivity contribution in [2.24, 2.45) is 0 Å². The topological polar surface area (TPSA) is 26.3 Å². The van der Waals surface area contributed by atoms with Crippen molar-refractivity contribution in [1.29, 1.82) is 0 Å². The Labute approximate surface area is 105 Å². The van der Waals surface area contributed by atoms with Gasteiger partial charge in [-0.25, -0.2) is 0 Å². The molecule has 4 heteroatoms. The Balaban J connectivity index is 2.76. The minimum absolute atomic E-state index is 0.202. The Morgan fingerprint density at radius 1 is 1.19 bits per heavy atom. The summed E-state index contributed by atoms with van der Waals surface area (Å²) in [5.41, 5.74) is 0. The van der Waals surface area contributed by atoms with Crippen LogP contribution in [0.25, 0.3) is 0 Å². The van der Waals surface area contributed by atoms with E-state index in [1.807, 2.05) is 32.2 Å². The lowest BCUT2D eigenvalue weighted by Crippen LogP contribution is -2.28. The first kappa shape index (κ1) is 13.5. The van der Waals surface area contributed by atoms with Crippen molar-refractivity contribution in [3.05, 3.63) is 24.3 Å². The molecule has 0 radical (unpaired) electrons. The van der Waals surface area contributed by atoms with Crippen LogP contribution in [0.3, 0.4) is 0 Å². The van der Waals surface area contributed by atoms with E-state index < -0.39 is 4.75 Å². The van der Waals surface area contributed by atoms with E-state index in [-0.39, 0.29) is 5.97 Å². The number of hydrogen-bond acceptors (Lipinski definition) is 4. The minimum atomic E-state index is -0.546. The Bertz CT molecular complexity index is 358. The molecule has 88 valence electrons. The van der Waals surface area contributed by atoms with Gasteiger partial charge in [0.05, 0.1) is 7.11 Å². The number of carbonyl (C=O) groups is 1. The molecule has 0 saturated heterocycles. The zero-order valence-electron chi connectivity index (χ0n) is 9.94. The fourth-order valence-electron chi connectivity index (χ4n) is 1.23. The van der Waals surface area contributed by atoms with Crippen LogP contribution in [0.2, 0.25) is 0 Å². The lowest BCUT2D eigenvalue weighted by Gasteiger charge is -2.20. The summed E-state index contributed by atoms with van der Waals surface area (Å²) in [7, 11) is 1.42. The summed E-state index contributed by atoms with van der Waals surface area (Å²) in [5.74, 6) is -0.202. The van der Waals surface area contributed by atoms with Gasteiger partial charge in [-0.1, -0.05) is 0 Å². The van der Waals surface area contributed by atoms with Crippen molar-refractivity contribution < 1.29 is 9.53 Å². The molecule has 0 aliphatic carbocycles. The second kappa shape index (κ2) is 5.64. The molecule has 16 heavy (non-hydrogen) atoms. The molecule has 0 atom stereocenters. The van der Waals surface area contributed by atoms with Gasteiger partial charge in [0.15, 0.2) is 0 Å². The molecule has 0 spiro atoms. The van der Waals surface area contributed by atoms with Gasteiger partial charge in [0, 0.05) is 9.79 Å². The predicted molar refractivity (Wildman–Crippen MR) is 70.2 cm³/mol. The summed E-state index contributed by atoms with van der Waals surface area (Å²) in [6.45, 7) is 3.73. The first-order valence-electron chi connectivity index (χ1n) is 4.91. The largest absolute Gasteiger partial charge is 0.468 e. The van der Waals surface area contributed by atoms with E-state index in [9.17, 15) is 4.79 Å². The fraction of sp³-hybridized carbons (Fsp3) is 0.417. The van der Waals surface area contributed by atoms with Crippen molar-refractivity contribution in [3.8, 4) is 0 Å². The minimum Gasteiger partial charge on any atom is -0.468 e. The third kappa shape index (κ3) is 3.46. The number of ether oxygens (including phenoxy) is 1. The second-order valence-corrected chi connectivity index (χ2v) is 6.36. The average molecular weight is 256 g/mol. The van der Waals surface area contributed by atoms with Gasteiger partial charge in [0.1, 0.15) is 4.75 Å². The Morgan fingerprint density at radius 2 is 1.69 bits per heavy atom. The van der Waals surface area contributed by atoms with Gasteiger partial charge < -0.3 is 4.74 Å². The maximum atomic E-state index is 11.5. The summed E-state index contributed by atoms with van der Waals surface area (Å²) in [6.07, 6.45) is 2.04. The highest BCUT2D eigenvalue weighted by molar-refractivity contribution is 8.01. The standard InChI is InChI=1S/C12H16O2S2/c1-12(2,11(13)14-3)16-10-7-5-9(15-4)6-8-10/h5-8H,1-4H3. The van der Waals surface area contributed by atoms with Gasteiger partial charge in [-0.2, -0.15) is 0 Å². The molecule has 0 fully saturated rings. The fourth-order valence-corrected chi connectivity index (χ4v) is 2.66.